The van der Waals surface area contributed by atoms with Crippen LogP contribution in [0.5, 0.6) is 0 Å². The number of anilines is 2. The number of hydrogen-bond donors (Lipinski definition) is 2. The number of nitrogens with zero attached hydrogens (tertiary/aromatic N) is 2. The van der Waals surface area contributed by atoms with Crippen LogP contribution in [0.25, 0.3) is 21.7 Å². The lowest BCUT2D eigenvalue weighted by Gasteiger charge is -2.23. The van der Waals surface area contributed by atoms with Gasteiger partial charge in [-0.1, -0.05) is 18.2 Å². The van der Waals surface area contributed by atoms with Gasteiger partial charge in [0.2, 0.25) is 0 Å². The van der Waals surface area contributed by atoms with E-state index in [2.05, 4.69) is 15.3 Å². The molecule has 162 valence electrons. The molecule has 0 fully saturated rings. The largest absolute Gasteiger partial charge is 0.443 e. The molecular formula is C24H21FN4O3. The first-order valence-electron chi connectivity index (χ1n) is 10.2. The van der Waals surface area contributed by atoms with Gasteiger partial charge >= 0.3 is 6.09 Å². The standard InChI is InChI=1S/C24H21FN4O3/c1-24(2,3)32-23(31)29-12-18-20(22(29)30)16-8-7-13-11-26-19(10-17(13)21(16)28-18)27-15-6-4-5-14(25)9-15/h4-11,28H,12H2,1-3H3,(H,26,27). The number of H-pyrrole nitrogens is 1. The molecule has 0 spiro atoms. The molecule has 5 rings (SSSR count). The Bertz CT molecular complexity index is 1400. The molecule has 0 bridgehead atoms. The number of carbonyl (C=O) groups excluding carboxylic acids is 2. The highest BCUT2D eigenvalue weighted by Crippen LogP contribution is 2.35. The van der Waals surface area contributed by atoms with Gasteiger partial charge in [-0.2, -0.15) is 0 Å². The van der Waals surface area contributed by atoms with Crippen molar-refractivity contribution in [2.75, 3.05) is 5.32 Å². The number of pyridine rings is 1. The van der Waals surface area contributed by atoms with Crippen molar-refractivity contribution in [3.8, 4) is 0 Å². The first-order valence-corrected chi connectivity index (χ1v) is 10.2. The first-order chi connectivity index (χ1) is 15.2. The van der Waals surface area contributed by atoms with Crippen LogP contribution in [0.3, 0.4) is 0 Å². The quantitative estimate of drug-likeness (QED) is 0.437. The number of benzene rings is 2. The number of rotatable bonds is 2. The van der Waals surface area contributed by atoms with E-state index in [4.69, 9.17) is 4.74 Å². The lowest BCUT2D eigenvalue weighted by Crippen LogP contribution is -2.37. The predicted octanol–water partition coefficient (Wildman–Crippen LogP) is 5.49. The Labute approximate surface area is 183 Å². The second kappa shape index (κ2) is 7.05. The SMILES string of the molecule is CC(C)(C)OC(=O)N1Cc2[nH]c3c(ccc4cnc(Nc5cccc(F)c5)cc43)c2C1=O. The van der Waals surface area contributed by atoms with Gasteiger partial charge in [0.1, 0.15) is 17.2 Å². The highest BCUT2D eigenvalue weighted by Gasteiger charge is 2.37. The number of hydrogen-bond acceptors (Lipinski definition) is 5. The van der Waals surface area contributed by atoms with E-state index in [1.54, 1.807) is 39.1 Å². The predicted molar refractivity (Wildman–Crippen MR) is 119 cm³/mol. The van der Waals surface area contributed by atoms with Crippen molar-refractivity contribution in [3.05, 3.63) is 65.7 Å². The number of aromatic nitrogens is 2. The molecule has 0 saturated heterocycles. The molecule has 2 aromatic carbocycles. The van der Waals surface area contributed by atoms with Gasteiger partial charge in [-0.25, -0.2) is 19.1 Å². The number of carbonyl (C=O) groups is 2. The molecule has 1 aliphatic heterocycles. The van der Waals surface area contributed by atoms with Crippen LogP contribution in [0.15, 0.2) is 48.7 Å². The van der Waals surface area contributed by atoms with Gasteiger partial charge in [0.05, 0.1) is 17.6 Å². The molecule has 8 heteroatoms. The van der Waals surface area contributed by atoms with Crippen molar-refractivity contribution in [2.45, 2.75) is 32.9 Å². The normalized spacial score (nSPS) is 13.6. The van der Waals surface area contributed by atoms with Gasteiger partial charge in [-0.05, 0) is 45.0 Å². The summed E-state index contributed by atoms with van der Waals surface area (Å²) in [6.45, 7) is 5.40. The molecular weight excluding hydrogens is 411 g/mol. The van der Waals surface area contributed by atoms with Gasteiger partial charge in [0, 0.05) is 33.7 Å². The Hall–Kier alpha value is -3.94. The number of aromatic amines is 1. The summed E-state index contributed by atoms with van der Waals surface area (Å²) in [7, 11) is 0. The van der Waals surface area contributed by atoms with Crippen molar-refractivity contribution in [2.24, 2.45) is 0 Å². The molecule has 4 aromatic rings. The summed E-state index contributed by atoms with van der Waals surface area (Å²) in [5.74, 6) is -0.175. The van der Waals surface area contributed by atoms with Gasteiger partial charge in [0.15, 0.2) is 0 Å². The fourth-order valence-electron chi connectivity index (χ4n) is 3.91. The summed E-state index contributed by atoms with van der Waals surface area (Å²) in [6.07, 6.45) is 1.06. The lowest BCUT2D eigenvalue weighted by atomic mass is 10.1. The second-order valence-corrected chi connectivity index (χ2v) is 8.76. The summed E-state index contributed by atoms with van der Waals surface area (Å²) in [5, 5.41) is 5.58. The van der Waals surface area contributed by atoms with Crippen LogP contribution in [0.1, 0.15) is 36.8 Å². The zero-order valence-corrected chi connectivity index (χ0v) is 17.8. The van der Waals surface area contributed by atoms with Crippen molar-refractivity contribution in [1.29, 1.82) is 0 Å². The van der Waals surface area contributed by atoms with Crippen LogP contribution in [-0.4, -0.2) is 32.5 Å². The van der Waals surface area contributed by atoms with Crippen molar-refractivity contribution < 1.29 is 18.7 Å². The van der Waals surface area contributed by atoms with E-state index < -0.39 is 11.7 Å². The summed E-state index contributed by atoms with van der Waals surface area (Å²) in [4.78, 5) is 34.3. The van der Waals surface area contributed by atoms with Crippen LogP contribution < -0.4 is 5.32 Å². The summed E-state index contributed by atoms with van der Waals surface area (Å²) < 4.78 is 18.9. The molecule has 2 amide bonds. The number of fused-ring (bicyclic) bond motifs is 5. The molecule has 0 radical (unpaired) electrons. The zero-order valence-electron chi connectivity index (χ0n) is 17.8. The van der Waals surface area contributed by atoms with Crippen LogP contribution in [0, 0.1) is 5.82 Å². The Kier molecular flexibility index (Phi) is 4.40. The Morgan fingerprint density at radius 3 is 2.75 bits per heavy atom. The van der Waals surface area contributed by atoms with Crippen molar-refractivity contribution >= 4 is 45.2 Å². The molecule has 0 saturated carbocycles. The highest BCUT2D eigenvalue weighted by molar-refractivity contribution is 6.19. The second-order valence-electron chi connectivity index (χ2n) is 8.76. The van der Waals surface area contributed by atoms with Crippen molar-refractivity contribution in [3.63, 3.8) is 0 Å². The van der Waals surface area contributed by atoms with E-state index >= 15 is 0 Å². The fourth-order valence-corrected chi connectivity index (χ4v) is 3.91. The summed E-state index contributed by atoms with van der Waals surface area (Å²) >= 11 is 0. The average molecular weight is 432 g/mol. The maximum Gasteiger partial charge on any atom is 0.417 e. The number of ether oxygens (including phenoxy) is 1. The third kappa shape index (κ3) is 3.43. The molecule has 2 N–H and O–H groups in total. The molecule has 32 heavy (non-hydrogen) atoms. The van der Waals surface area contributed by atoms with Gasteiger partial charge in [-0.15, -0.1) is 0 Å². The molecule has 3 heterocycles. The van der Waals surface area contributed by atoms with Crippen LogP contribution in [0.2, 0.25) is 0 Å². The number of imide groups is 1. The zero-order chi connectivity index (χ0) is 22.6. The van der Waals surface area contributed by atoms with Crippen LogP contribution >= 0.6 is 0 Å². The van der Waals surface area contributed by atoms with Crippen LogP contribution in [0.4, 0.5) is 20.7 Å². The molecule has 0 aliphatic carbocycles. The highest BCUT2D eigenvalue weighted by atomic mass is 19.1. The number of halogens is 1. The Morgan fingerprint density at radius 1 is 1.19 bits per heavy atom. The summed E-state index contributed by atoms with van der Waals surface area (Å²) in [6, 6.07) is 11.7. The molecule has 7 nitrogen and oxygen atoms in total. The minimum absolute atomic E-state index is 0.124. The first kappa shape index (κ1) is 20.0. The van der Waals surface area contributed by atoms with E-state index in [9.17, 15) is 14.0 Å². The third-order valence-corrected chi connectivity index (χ3v) is 5.24. The van der Waals surface area contributed by atoms with E-state index in [1.165, 1.54) is 12.1 Å². The molecule has 2 aromatic heterocycles. The minimum atomic E-state index is -0.690. The van der Waals surface area contributed by atoms with Crippen molar-refractivity contribution in [1.82, 2.24) is 14.9 Å². The molecule has 1 aliphatic rings. The Morgan fingerprint density at radius 2 is 2.00 bits per heavy atom. The van der Waals surface area contributed by atoms with E-state index in [0.29, 0.717) is 22.8 Å². The maximum absolute atomic E-state index is 13.5. The number of nitrogens with one attached hydrogen (secondary N) is 2. The maximum atomic E-state index is 13.5. The van der Waals surface area contributed by atoms with Crippen LogP contribution in [-0.2, 0) is 11.3 Å². The van der Waals surface area contributed by atoms with E-state index in [-0.39, 0.29) is 18.3 Å². The smallest absolute Gasteiger partial charge is 0.417 e. The van der Waals surface area contributed by atoms with Gasteiger partial charge < -0.3 is 15.0 Å². The van der Waals surface area contributed by atoms with E-state index in [1.807, 2.05) is 18.2 Å². The molecule has 0 unspecified atom stereocenters. The molecule has 0 atom stereocenters. The minimum Gasteiger partial charge on any atom is -0.443 e. The summed E-state index contributed by atoms with van der Waals surface area (Å²) in [5.41, 5.74) is 1.82. The lowest BCUT2D eigenvalue weighted by molar-refractivity contribution is 0.0247. The van der Waals surface area contributed by atoms with Gasteiger partial charge in [0.25, 0.3) is 5.91 Å². The monoisotopic (exact) mass is 432 g/mol. The average Bonchev–Trinajstić information content (AvgIpc) is 3.24. The third-order valence-electron chi connectivity index (χ3n) is 5.24. The fraction of sp³-hybridized carbons (Fsp3) is 0.208. The van der Waals surface area contributed by atoms with Gasteiger partial charge in [-0.3, -0.25) is 4.79 Å². The number of amides is 2. The topological polar surface area (TPSA) is 87.3 Å². The Balaban J connectivity index is 1.52. The van der Waals surface area contributed by atoms with E-state index in [0.717, 1.165) is 26.6 Å².